The van der Waals surface area contributed by atoms with Gasteiger partial charge in [0, 0.05) is 13.1 Å². The molecule has 2 atom stereocenters. The average molecular weight is 182 g/mol. The van der Waals surface area contributed by atoms with E-state index in [-0.39, 0.29) is 11.8 Å². The maximum Gasteiger partial charge on any atom is 0.407 e. The zero-order valence-corrected chi connectivity index (χ0v) is 7.73. The number of hydrogen-bond acceptors (Lipinski definition) is 2. The van der Waals surface area contributed by atoms with Gasteiger partial charge < -0.3 is 10.0 Å². The zero-order chi connectivity index (χ0) is 9.84. The highest BCUT2D eigenvalue weighted by Gasteiger charge is 2.30. The Kier molecular flexibility index (Phi) is 3.13. The van der Waals surface area contributed by atoms with Gasteiger partial charge in [0.1, 0.15) is 0 Å². The standard InChI is InChI=1S/C9H14N2O2/c1-2-7(5-10)8-3-4-11(6-8)9(12)13/h7-8H,2-4,6H2,1H3,(H,12,13)/t7?,8-/m1/s1. The lowest BCUT2D eigenvalue weighted by molar-refractivity contribution is 0.153. The van der Waals surface area contributed by atoms with Gasteiger partial charge in [-0.2, -0.15) is 5.26 Å². The lowest BCUT2D eigenvalue weighted by Crippen LogP contribution is -2.27. The van der Waals surface area contributed by atoms with Gasteiger partial charge in [-0.3, -0.25) is 0 Å². The Morgan fingerprint density at radius 1 is 1.85 bits per heavy atom. The number of nitrogens with zero attached hydrogens (tertiary/aromatic N) is 2. The second-order valence-corrected chi connectivity index (χ2v) is 3.42. The monoisotopic (exact) mass is 182 g/mol. The van der Waals surface area contributed by atoms with Crippen LogP contribution in [0, 0.1) is 23.2 Å². The van der Waals surface area contributed by atoms with E-state index < -0.39 is 6.09 Å². The molecule has 1 saturated heterocycles. The Morgan fingerprint density at radius 2 is 2.54 bits per heavy atom. The van der Waals surface area contributed by atoms with E-state index in [1.54, 1.807) is 0 Å². The maximum atomic E-state index is 10.6. The van der Waals surface area contributed by atoms with Crippen molar-refractivity contribution >= 4 is 6.09 Å². The van der Waals surface area contributed by atoms with Crippen molar-refractivity contribution < 1.29 is 9.90 Å². The summed E-state index contributed by atoms with van der Waals surface area (Å²) in [5.74, 6) is 0.260. The molecule has 0 aliphatic carbocycles. The smallest absolute Gasteiger partial charge is 0.407 e. The Bertz CT molecular complexity index is 234. The molecule has 0 bridgehead atoms. The second-order valence-electron chi connectivity index (χ2n) is 3.42. The fourth-order valence-electron chi connectivity index (χ4n) is 1.82. The minimum absolute atomic E-state index is 0.0179. The van der Waals surface area contributed by atoms with E-state index in [1.165, 1.54) is 4.90 Å². The third kappa shape index (κ3) is 2.11. The van der Waals surface area contributed by atoms with Crippen LogP contribution in [0.4, 0.5) is 4.79 Å². The molecule has 13 heavy (non-hydrogen) atoms. The van der Waals surface area contributed by atoms with Crippen molar-refractivity contribution in [3.8, 4) is 6.07 Å². The van der Waals surface area contributed by atoms with Gasteiger partial charge in [-0.25, -0.2) is 4.79 Å². The molecule has 0 aromatic carbocycles. The molecule has 1 fully saturated rings. The summed E-state index contributed by atoms with van der Waals surface area (Å²) in [6.45, 7) is 3.08. The van der Waals surface area contributed by atoms with Crippen LogP contribution in [-0.2, 0) is 0 Å². The van der Waals surface area contributed by atoms with Gasteiger partial charge in [-0.1, -0.05) is 6.92 Å². The third-order valence-electron chi connectivity index (χ3n) is 2.67. The predicted molar refractivity (Wildman–Crippen MR) is 47.1 cm³/mol. The van der Waals surface area contributed by atoms with Gasteiger partial charge >= 0.3 is 6.09 Å². The van der Waals surface area contributed by atoms with Crippen molar-refractivity contribution in [1.82, 2.24) is 4.90 Å². The highest BCUT2D eigenvalue weighted by molar-refractivity contribution is 5.65. The van der Waals surface area contributed by atoms with Crippen LogP contribution in [0.2, 0.25) is 0 Å². The summed E-state index contributed by atoms with van der Waals surface area (Å²) in [6.07, 6.45) is 0.780. The molecule has 1 aliphatic rings. The number of rotatable bonds is 2. The van der Waals surface area contributed by atoms with Crippen LogP contribution in [0.3, 0.4) is 0 Å². The molecule has 4 nitrogen and oxygen atoms in total. The molecule has 72 valence electrons. The van der Waals surface area contributed by atoms with Crippen LogP contribution in [0.1, 0.15) is 19.8 Å². The number of amides is 1. The molecular formula is C9H14N2O2. The number of carbonyl (C=O) groups is 1. The molecular weight excluding hydrogens is 168 g/mol. The molecule has 0 radical (unpaired) electrons. The SMILES string of the molecule is CCC(C#N)[C@@H]1CCN(C(=O)O)C1. The summed E-state index contributed by atoms with van der Waals surface area (Å²) in [6, 6.07) is 2.23. The maximum absolute atomic E-state index is 10.6. The summed E-state index contributed by atoms with van der Waals surface area (Å²) in [4.78, 5) is 12.0. The van der Waals surface area contributed by atoms with E-state index in [9.17, 15) is 4.79 Å². The fraction of sp³-hybridized carbons (Fsp3) is 0.778. The summed E-state index contributed by atoms with van der Waals surface area (Å²) < 4.78 is 0. The molecule has 0 aromatic rings. The second kappa shape index (κ2) is 4.13. The molecule has 1 heterocycles. The summed E-state index contributed by atoms with van der Waals surface area (Å²) >= 11 is 0. The van der Waals surface area contributed by atoms with Gasteiger partial charge in [-0.05, 0) is 18.8 Å². The van der Waals surface area contributed by atoms with E-state index in [1.807, 2.05) is 6.92 Å². The molecule has 1 amide bonds. The largest absolute Gasteiger partial charge is 0.465 e. The fourth-order valence-corrected chi connectivity index (χ4v) is 1.82. The van der Waals surface area contributed by atoms with Gasteiger partial charge in [0.05, 0.1) is 12.0 Å². The molecule has 1 rings (SSSR count). The molecule has 4 heteroatoms. The lowest BCUT2D eigenvalue weighted by atomic mass is 9.91. The van der Waals surface area contributed by atoms with Crippen molar-refractivity contribution in [3.63, 3.8) is 0 Å². The van der Waals surface area contributed by atoms with Gasteiger partial charge in [0.25, 0.3) is 0 Å². The van der Waals surface area contributed by atoms with Crippen molar-refractivity contribution in [2.75, 3.05) is 13.1 Å². The molecule has 1 N–H and O–H groups in total. The number of likely N-dealkylation sites (tertiary alicyclic amines) is 1. The van der Waals surface area contributed by atoms with Crippen LogP contribution in [0.5, 0.6) is 0 Å². The highest BCUT2D eigenvalue weighted by atomic mass is 16.4. The number of hydrogen-bond donors (Lipinski definition) is 1. The van der Waals surface area contributed by atoms with Crippen molar-refractivity contribution in [2.24, 2.45) is 11.8 Å². The normalized spacial score (nSPS) is 24.0. The molecule has 0 aromatic heterocycles. The highest BCUT2D eigenvalue weighted by Crippen LogP contribution is 2.25. The Labute approximate surface area is 77.8 Å². The first-order chi connectivity index (χ1) is 6.19. The number of carboxylic acid groups (broad SMARTS) is 1. The minimum atomic E-state index is -0.865. The van der Waals surface area contributed by atoms with Gasteiger partial charge in [0.2, 0.25) is 0 Å². The lowest BCUT2D eigenvalue weighted by Gasteiger charge is -2.15. The summed E-state index contributed by atoms with van der Waals surface area (Å²) in [7, 11) is 0. The summed E-state index contributed by atoms with van der Waals surface area (Å²) in [5, 5.41) is 17.5. The van der Waals surface area contributed by atoms with Crippen molar-refractivity contribution in [1.29, 1.82) is 5.26 Å². The Morgan fingerprint density at radius 3 is 2.92 bits per heavy atom. The quantitative estimate of drug-likeness (QED) is 0.704. The minimum Gasteiger partial charge on any atom is -0.465 e. The average Bonchev–Trinajstić information content (AvgIpc) is 2.56. The molecule has 0 spiro atoms. The van der Waals surface area contributed by atoms with Crippen molar-refractivity contribution in [3.05, 3.63) is 0 Å². The van der Waals surface area contributed by atoms with Crippen LogP contribution >= 0.6 is 0 Å². The first kappa shape index (κ1) is 9.85. The molecule has 1 aliphatic heterocycles. The van der Waals surface area contributed by atoms with Gasteiger partial charge in [-0.15, -0.1) is 0 Å². The van der Waals surface area contributed by atoms with Gasteiger partial charge in [0.15, 0.2) is 0 Å². The first-order valence-corrected chi connectivity index (χ1v) is 4.56. The summed E-state index contributed by atoms with van der Waals surface area (Å²) in [5.41, 5.74) is 0. The van der Waals surface area contributed by atoms with E-state index in [2.05, 4.69) is 6.07 Å². The zero-order valence-electron chi connectivity index (χ0n) is 7.73. The van der Waals surface area contributed by atoms with Crippen molar-refractivity contribution in [2.45, 2.75) is 19.8 Å². The van der Waals surface area contributed by atoms with Crippen LogP contribution in [0.25, 0.3) is 0 Å². The molecule has 1 unspecified atom stereocenters. The predicted octanol–water partition coefficient (Wildman–Crippen LogP) is 1.54. The third-order valence-corrected chi connectivity index (χ3v) is 2.67. The first-order valence-electron chi connectivity index (χ1n) is 4.56. The van der Waals surface area contributed by atoms with Crippen LogP contribution < -0.4 is 0 Å². The Hall–Kier alpha value is -1.24. The van der Waals surface area contributed by atoms with Crippen LogP contribution in [0.15, 0.2) is 0 Å². The number of nitriles is 1. The van der Waals surface area contributed by atoms with E-state index >= 15 is 0 Å². The van der Waals surface area contributed by atoms with E-state index in [0.29, 0.717) is 13.1 Å². The van der Waals surface area contributed by atoms with E-state index in [4.69, 9.17) is 10.4 Å². The van der Waals surface area contributed by atoms with Crippen LogP contribution in [-0.4, -0.2) is 29.2 Å². The Balaban J connectivity index is 2.49. The molecule has 0 saturated carbocycles. The topological polar surface area (TPSA) is 64.3 Å². The van der Waals surface area contributed by atoms with E-state index in [0.717, 1.165) is 12.8 Å².